The van der Waals surface area contributed by atoms with Gasteiger partial charge in [-0.3, -0.25) is 4.79 Å². The Kier molecular flexibility index (Phi) is 5.44. The van der Waals surface area contributed by atoms with Crippen LogP contribution >= 0.6 is 15.9 Å². The number of carbonyl (C=O) groups excluding carboxylic acids is 1. The standard InChI is InChI=1S/C14H17BrFNO4S/c1-21-13-3-2-10(6-12(13)15)4-5-17-8-11(7-14(17)18)9-22(16,19)20/h2-3,6,11H,4-5,7-9H2,1H3. The first-order valence-electron chi connectivity index (χ1n) is 6.81. The molecule has 1 fully saturated rings. The van der Waals surface area contributed by atoms with Gasteiger partial charge in [-0.05, 0) is 40.0 Å². The Hall–Kier alpha value is -1.15. The summed E-state index contributed by atoms with van der Waals surface area (Å²) in [7, 11) is -2.95. The van der Waals surface area contributed by atoms with Crippen LogP contribution in [0.5, 0.6) is 5.75 Å². The lowest BCUT2D eigenvalue weighted by Gasteiger charge is -2.16. The number of nitrogens with zero attached hydrogens (tertiary/aromatic N) is 1. The molecule has 1 amide bonds. The van der Waals surface area contributed by atoms with Gasteiger partial charge in [-0.1, -0.05) is 6.07 Å². The van der Waals surface area contributed by atoms with E-state index in [-0.39, 0.29) is 12.3 Å². The van der Waals surface area contributed by atoms with Gasteiger partial charge < -0.3 is 9.64 Å². The molecule has 0 aromatic heterocycles. The molecule has 0 bridgehead atoms. The van der Waals surface area contributed by atoms with Gasteiger partial charge in [-0.15, -0.1) is 3.89 Å². The van der Waals surface area contributed by atoms with Crippen LogP contribution in [0, 0.1) is 5.92 Å². The third-order valence-corrected chi connectivity index (χ3v) is 5.11. The van der Waals surface area contributed by atoms with Crippen molar-refractivity contribution >= 4 is 32.1 Å². The van der Waals surface area contributed by atoms with E-state index in [2.05, 4.69) is 15.9 Å². The molecule has 1 heterocycles. The highest BCUT2D eigenvalue weighted by atomic mass is 79.9. The molecule has 0 spiro atoms. The highest BCUT2D eigenvalue weighted by Gasteiger charge is 2.32. The van der Waals surface area contributed by atoms with E-state index in [9.17, 15) is 17.1 Å². The molecule has 1 aliphatic rings. The molecule has 1 aromatic carbocycles. The fourth-order valence-corrected chi connectivity index (χ4v) is 3.97. The van der Waals surface area contributed by atoms with Crippen LogP contribution in [0.25, 0.3) is 0 Å². The lowest BCUT2D eigenvalue weighted by Crippen LogP contribution is -2.28. The first kappa shape index (κ1) is 17.2. The van der Waals surface area contributed by atoms with Crippen LogP contribution in [-0.4, -0.2) is 45.2 Å². The molecule has 5 nitrogen and oxygen atoms in total. The monoisotopic (exact) mass is 393 g/mol. The topological polar surface area (TPSA) is 63.7 Å². The molecule has 0 saturated carbocycles. The van der Waals surface area contributed by atoms with Crippen molar-refractivity contribution in [3.05, 3.63) is 28.2 Å². The van der Waals surface area contributed by atoms with Gasteiger partial charge in [0.1, 0.15) is 5.75 Å². The SMILES string of the molecule is COc1ccc(CCN2CC(CS(=O)(=O)F)CC2=O)cc1Br. The van der Waals surface area contributed by atoms with Gasteiger partial charge in [-0.25, -0.2) is 0 Å². The number of carbonyl (C=O) groups is 1. The summed E-state index contributed by atoms with van der Waals surface area (Å²) in [6, 6.07) is 5.67. The summed E-state index contributed by atoms with van der Waals surface area (Å²) in [5.74, 6) is -0.427. The number of rotatable bonds is 6. The normalized spacial score (nSPS) is 18.8. The van der Waals surface area contributed by atoms with E-state index in [4.69, 9.17) is 4.74 Å². The minimum atomic E-state index is -4.53. The molecule has 0 aliphatic carbocycles. The van der Waals surface area contributed by atoms with Crippen LogP contribution in [0.2, 0.25) is 0 Å². The van der Waals surface area contributed by atoms with Crippen molar-refractivity contribution in [3.8, 4) is 5.75 Å². The minimum absolute atomic E-state index is 0.0927. The number of benzene rings is 1. The Labute approximate surface area is 137 Å². The Morgan fingerprint density at radius 1 is 1.45 bits per heavy atom. The lowest BCUT2D eigenvalue weighted by atomic mass is 10.1. The zero-order valence-corrected chi connectivity index (χ0v) is 14.5. The minimum Gasteiger partial charge on any atom is -0.496 e. The van der Waals surface area contributed by atoms with Crippen molar-refractivity contribution in [1.29, 1.82) is 0 Å². The average molecular weight is 394 g/mol. The van der Waals surface area contributed by atoms with E-state index in [0.717, 1.165) is 15.8 Å². The van der Waals surface area contributed by atoms with Gasteiger partial charge in [0.15, 0.2) is 0 Å². The largest absolute Gasteiger partial charge is 0.496 e. The van der Waals surface area contributed by atoms with E-state index in [1.54, 1.807) is 12.0 Å². The third-order valence-electron chi connectivity index (χ3n) is 3.62. The Balaban J connectivity index is 1.92. The average Bonchev–Trinajstić information content (AvgIpc) is 2.74. The summed E-state index contributed by atoms with van der Waals surface area (Å²) < 4.78 is 40.0. The van der Waals surface area contributed by atoms with E-state index < -0.39 is 21.9 Å². The molecule has 122 valence electrons. The maximum Gasteiger partial charge on any atom is 0.302 e. The first-order chi connectivity index (χ1) is 10.3. The van der Waals surface area contributed by atoms with Gasteiger partial charge in [0.25, 0.3) is 0 Å². The molecule has 1 aliphatic heterocycles. The molecule has 2 rings (SSSR count). The van der Waals surface area contributed by atoms with E-state index in [1.807, 2.05) is 18.2 Å². The van der Waals surface area contributed by atoms with Crippen molar-refractivity contribution in [2.75, 3.05) is 26.0 Å². The molecule has 1 atom stereocenters. The molecular formula is C14H17BrFNO4S. The smallest absolute Gasteiger partial charge is 0.302 e. The fourth-order valence-electron chi connectivity index (χ4n) is 2.59. The summed E-state index contributed by atoms with van der Waals surface area (Å²) in [5.41, 5.74) is 1.03. The molecule has 1 saturated heterocycles. The van der Waals surface area contributed by atoms with Gasteiger partial charge in [0.05, 0.1) is 17.3 Å². The summed E-state index contributed by atoms with van der Waals surface area (Å²) in [6.45, 7) is 0.778. The lowest BCUT2D eigenvalue weighted by molar-refractivity contribution is -0.127. The van der Waals surface area contributed by atoms with E-state index in [0.29, 0.717) is 19.5 Å². The molecule has 1 unspecified atom stereocenters. The number of hydrogen-bond donors (Lipinski definition) is 0. The maximum absolute atomic E-state index is 12.7. The Bertz CT molecular complexity index is 665. The highest BCUT2D eigenvalue weighted by Crippen LogP contribution is 2.26. The molecular weight excluding hydrogens is 377 g/mol. The van der Waals surface area contributed by atoms with Gasteiger partial charge >= 0.3 is 10.2 Å². The molecule has 1 aromatic rings. The number of halogens is 2. The summed E-state index contributed by atoms with van der Waals surface area (Å²) >= 11 is 3.40. The van der Waals surface area contributed by atoms with Crippen molar-refractivity contribution in [1.82, 2.24) is 4.90 Å². The van der Waals surface area contributed by atoms with E-state index >= 15 is 0 Å². The van der Waals surface area contributed by atoms with Crippen LogP contribution in [0.15, 0.2) is 22.7 Å². The van der Waals surface area contributed by atoms with Gasteiger partial charge in [-0.2, -0.15) is 8.42 Å². The Morgan fingerprint density at radius 2 is 2.18 bits per heavy atom. The third kappa shape index (κ3) is 4.67. The second-order valence-corrected chi connectivity index (χ2v) is 7.60. The highest BCUT2D eigenvalue weighted by molar-refractivity contribution is 9.10. The second-order valence-electron chi connectivity index (χ2n) is 5.33. The molecule has 0 N–H and O–H groups in total. The van der Waals surface area contributed by atoms with Crippen LogP contribution in [0.3, 0.4) is 0 Å². The van der Waals surface area contributed by atoms with E-state index in [1.165, 1.54) is 0 Å². The summed E-state index contributed by atoms with van der Waals surface area (Å²) in [5, 5.41) is 0. The quantitative estimate of drug-likeness (QED) is 0.694. The number of ether oxygens (including phenoxy) is 1. The van der Waals surface area contributed by atoms with Crippen LogP contribution < -0.4 is 4.74 Å². The number of hydrogen-bond acceptors (Lipinski definition) is 4. The first-order valence-corrected chi connectivity index (χ1v) is 9.15. The number of methoxy groups -OCH3 is 1. The molecule has 8 heteroatoms. The predicted octanol–water partition coefficient (Wildman–Crippen LogP) is 2.15. The van der Waals surface area contributed by atoms with Crippen LogP contribution in [0.4, 0.5) is 3.89 Å². The van der Waals surface area contributed by atoms with Crippen LogP contribution in [0.1, 0.15) is 12.0 Å². The zero-order valence-electron chi connectivity index (χ0n) is 12.1. The van der Waals surface area contributed by atoms with Crippen molar-refractivity contribution in [2.24, 2.45) is 5.92 Å². The second kappa shape index (κ2) is 6.95. The van der Waals surface area contributed by atoms with Crippen molar-refractivity contribution < 1.29 is 21.8 Å². The van der Waals surface area contributed by atoms with Gasteiger partial charge in [0.2, 0.25) is 5.91 Å². The zero-order chi connectivity index (χ0) is 16.3. The summed E-state index contributed by atoms with van der Waals surface area (Å²) in [4.78, 5) is 13.4. The van der Waals surface area contributed by atoms with Crippen LogP contribution in [-0.2, 0) is 21.4 Å². The summed E-state index contributed by atoms with van der Waals surface area (Å²) in [6.07, 6.45) is 0.735. The Morgan fingerprint density at radius 3 is 2.77 bits per heavy atom. The molecule has 22 heavy (non-hydrogen) atoms. The predicted molar refractivity (Wildman–Crippen MR) is 84.0 cm³/mol. The number of likely N-dealkylation sites (tertiary alicyclic amines) is 1. The number of amides is 1. The van der Waals surface area contributed by atoms with Gasteiger partial charge in [0, 0.05) is 25.4 Å². The molecule has 0 radical (unpaired) electrons. The van der Waals surface area contributed by atoms with Crippen molar-refractivity contribution in [2.45, 2.75) is 12.8 Å². The fraction of sp³-hybridized carbons (Fsp3) is 0.500. The van der Waals surface area contributed by atoms with Crippen molar-refractivity contribution in [3.63, 3.8) is 0 Å². The maximum atomic E-state index is 12.7.